The largest absolute Gasteiger partial charge is 0.542 e. The van der Waals surface area contributed by atoms with Gasteiger partial charge in [0, 0.05) is 6.54 Å². The standard InChI is InChI=1S/C16H20N2O7.C2HF3O2/c1-24-15(22)12(13(17)16(23)25-2)14(21)18(9-11(19)20)8-10-6-4-3-5-7-10;3-2(4,5)1(6)7/h3-7,12-13H,8-9,17H2,1-2H3,(H,19,20);(H,6,7)/t12-,13+;/m1./s1. The topological polar surface area (TPSA) is 178 Å². The number of carbonyl (C=O) groups is 5. The maximum absolute atomic E-state index is 12.8. The number of hydrogen-bond acceptors (Lipinski definition) is 8. The number of ether oxygens (including phenoxy) is 2. The van der Waals surface area contributed by atoms with Crippen molar-refractivity contribution in [2.24, 2.45) is 5.92 Å². The third kappa shape index (κ3) is 9.42. The lowest BCUT2D eigenvalue weighted by molar-refractivity contribution is -0.415. The zero-order valence-electron chi connectivity index (χ0n) is 17.0. The van der Waals surface area contributed by atoms with Gasteiger partial charge in [-0.05, 0) is 5.56 Å². The molecule has 11 nitrogen and oxygen atoms in total. The van der Waals surface area contributed by atoms with Gasteiger partial charge in [0.25, 0.3) is 0 Å². The van der Waals surface area contributed by atoms with Gasteiger partial charge in [-0.1, -0.05) is 30.3 Å². The van der Waals surface area contributed by atoms with Gasteiger partial charge in [0.2, 0.25) is 11.9 Å². The number of aliphatic carboxylic acids is 2. The summed E-state index contributed by atoms with van der Waals surface area (Å²) in [5.74, 6) is -8.60. The molecule has 4 N–H and O–H groups in total. The maximum Gasteiger partial charge on any atom is 0.430 e. The Morgan fingerprint density at radius 2 is 1.53 bits per heavy atom. The average molecular weight is 466 g/mol. The first kappa shape index (κ1) is 28.3. The van der Waals surface area contributed by atoms with E-state index < -0.39 is 54.5 Å². The summed E-state index contributed by atoms with van der Waals surface area (Å²) in [5, 5.41) is 17.8. The quantitative estimate of drug-likeness (QED) is 0.323. The number of rotatable bonds is 8. The van der Waals surface area contributed by atoms with Crippen LogP contribution < -0.4 is 10.8 Å². The highest BCUT2D eigenvalue weighted by Crippen LogP contribution is 2.14. The smallest absolute Gasteiger partial charge is 0.430 e. The van der Waals surface area contributed by atoms with E-state index in [4.69, 9.17) is 15.0 Å². The van der Waals surface area contributed by atoms with Crippen LogP contribution in [0.1, 0.15) is 5.56 Å². The molecule has 0 aromatic heterocycles. The number of carboxylic acids is 2. The number of carboxylic acid groups (broad SMARTS) is 2. The molecule has 0 saturated carbocycles. The fraction of sp³-hybridized carbons (Fsp3) is 0.389. The van der Waals surface area contributed by atoms with Gasteiger partial charge >= 0.3 is 24.1 Å². The summed E-state index contributed by atoms with van der Waals surface area (Å²) >= 11 is 0. The van der Waals surface area contributed by atoms with Crippen molar-refractivity contribution in [3.8, 4) is 0 Å². The molecule has 0 aliphatic heterocycles. The number of nitrogens with zero attached hydrogens (tertiary/aromatic N) is 1. The lowest BCUT2D eigenvalue weighted by Crippen LogP contribution is -2.72. The zero-order valence-corrected chi connectivity index (χ0v) is 17.0. The first-order valence-electron chi connectivity index (χ1n) is 8.57. The summed E-state index contributed by atoms with van der Waals surface area (Å²) in [7, 11) is 2.16. The molecule has 1 aromatic rings. The molecule has 178 valence electrons. The monoisotopic (exact) mass is 466 g/mol. The molecule has 0 aliphatic carbocycles. The Morgan fingerprint density at radius 1 is 1.06 bits per heavy atom. The van der Waals surface area contributed by atoms with Crippen LogP contribution in [0.4, 0.5) is 13.2 Å². The predicted molar refractivity (Wildman–Crippen MR) is 94.8 cm³/mol. The summed E-state index contributed by atoms with van der Waals surface area (Å²) < 4.78 is 40.6. The molecule has 0 fully saturated rings. The minimum absolute atomic E-state index is 0.0483. The number of halogens is 3. The molecule has 0 saturated heterocycles. The molecule has 1 amide bonds. The van der Waals surface area contributed by atoms with Crippen LogP contribution in [0.15, 0.2) is 30.3 Å². The van der Waals surface area contributed by atoms with E-state index in [0.29, 0.717) is 5.56 Å². The van der Waals surface area contributed by atoms with E-state index in [0.717, 1.165) is 19.1 Å². The molecule has 0 spiro atoms. The number of carbonyl (C=O) groups excluding carboxylic acids is 4. The number of esters is 2. The van der Waals surface area contributed by atoms with E-state index in [1.807, 2.05) is 0 Å². The molecule has 0 heterocycles. The number of methoxy groups -OCH3 is 2. The Balaban J connectivity index is 0.00000118. The second-order valence-electron chi connectivity index (χ2n) is 5.99. The Kier molecular flexibility index (Phi) is 11.4. The SMILES string of the molecule is COC(=O)[C@@H](C(=O)N(CC(=O)O)Cc1ccccc1)[C@H]([NH3+])C(=O)OC.O=C([O-])C(F)(F)F. The summed E-state index contributed by atoms with van der Waals surface area (Å²) in [6, 6.07) is 7.28. The molecular formula is C18H21F3N2O9. The first-order valence-corrected chi connectivity index (χ1v) is 8.57. The fourth-order valence-electron chi connectivity index (χ4n) is 2.23. The number of alkyl halides is 3. The summed E-state index contributed by atoms with van der Waals surface area (Å²) in [4.78, 5) is 57.3. The second-order valence-corrected chi connectivity index (χ2v) is 5.99. The highest BCUT2D eigenvalue weighted by atomic mass is 19.4. The molecule has 2 atom stereocenters. The molecule has 1 rings (SSSR count). The molecule has 32 heavy (non-hydrogen) atoms. The van der Waals surface area contributed by atoms with Crippen LogP contribution in [0.5, 0.6) is 0 Å². The van der Waals surface area contributed by atoms with E-state index >= 15 is 0 Å². The Morgan fingerprint density at radius 3 is 1.91 bits per heavy atom. The third-order valence-corrected chi connectivity index (χ3v) is 3.71. The van der Waals surface area contributed by atoms with Crippen molar-refractivity contribution in [2.75, 3.05) is 20.8 Å². The first-order chi connectivity index (χ1) is 14.8. The summed E-state index contributed by atoms with van der Waals surface area (Å²) in [5.41, 5.74) is 4.16. The third-order valence-electron chi connectivity index (χ3n) is 3.71. The van der Waals surface area contributed by atoms with Crippen LogP contribution in [-0.4, -0.2) is 72.8 Å². The number of benzene rings is 1. The van der Waals surface area contributed by atoms with Gasteiger partial charge in [0.05, 0.1) is 14.2 Å². The van der Waals surface area contributed by atoms with Crippen molar-refractivity contribution in [1.29, 1.82) is 0 Å². The predicted octanol–water partition coefficient (Wildman–Crippen LogP) is -2.03. The van der Waals surface area contributed by atoms with Crippen molar-refractivity contribution in [2.45, 2.75) is 18.8 Å². The summed E-state index contributed by atoms with van der Waals surface area (Å²) in [6.45, 7) is -0.692. The van der Waals surface area contributed by atoms with E-state index in [1.54, 1.807) is 30.3 Å². The second kappa shape index (κ2) is 12.9. The van der Waals surface area contributed by atoms with Gasteiger partial charge < -0.3 is 35.1 Å². The van der Waals surface area contributed by atoms with Crippen molar-refractivity contribution < 1.29 is 62.6 Å². The molecule has 0 aliphatic rings. The van der Waals surface area contributed by atoms with Crippen molar-refractivity contribution in [1.82, 2.24) is 4.90 Å². The van der Waals surface area contributed by atoms with Crippen LogP contribution in [-0.2, 0) is 40.0 Å². The van der Waals surface area contributed by atoms with Crippen LogP contribution >= 0.6 is 0 Å². The normalized spacial score (nSPS) is 12.3. The van der Waals surface area contributed by atoms with Crippen LogP contribution in [0.25, 0.3) is 0 Å². The van der Waals surface area contributed by atoms with Gasteiger partial charge in [-0.25, -0.2) is 4.79 Å². The number of quaternary nitrogens is 1. The maximum atomic E-state index is 12.8. The Hall–Kier alpha value is -3.68. The summed E-state index contributed by atoms with van der Waals surface area (Å²) in [6.07, 6.45) is -5.19. The fourth-order valence-corrected chi connectivity index (χ4v) is 2.23. The van der Waals surface area contributed by atoms with E-state index in [1.165, 1.54) is 0 Å². The molecule has 14 heteroatoms. The van der Waals surface area contributed by atoms with Gasteiger partial charge in [0.1, 0.15) is 12.5 Å². The molecule has 0 unspecified atom stereocenters. The molecule has 0 bridgehead atoms. The van der Waals surface area contributed by atoms with Crippen LogP contribution in [0.2, 0.25) is 0 Å². The number of amides is 1. The minimum atomic E-state index is -5.19. The lowest BCUT2D eigenvalue weighted by atomic mass is 9.98. The average Bonchev–Trinajstić information content (AvgIpc) is 2.72. The Bertz CT molecular complexity index is 816. The Labute approximate surface area is 179 Å². The highest BCUT2D eigenvalue weighted by molar-refractivity contribution is 6.02. The zero-order chi connectivity index (χ0) is 25.1. The van der Waals surface area contributed by atoms with Crippen molar-refractivity contribution in [3.63, 3.8) is 0 Å². The van der Waals surface area contributed by atoms with Gasteiger partial charge in [-0.3, -0.25) is 14.4 Å². The highest BCUT2D eigenvalue weighted by Gasteiger charge is 2.44. The van der Waals surface area contributed by atoms with E-state index in [9.17, 15) is 32.3 Å². The van der Waals surface area contributed by atoms with E-state index in [2.05, 4.69) is 15.2 Å². The molecule has 1 aromatic carbocycles. The minimum Gasteiger partial charge on any atom is -0.542 e. The molecular weight excluding hydrogens is 445 g/mol. The van der Waals surface area contributed by atoms with Crippen molar-refractivity contribution in [3.05, 3.63) is 35.9 Å². The lowest BCUT2D eigenvalue weighted by Gasteiger charge is -2.25. The van der Waals surface area contributed by atoms with Crippen LogP contribution in [0.3, 0.4) is 0 Å². The van der Waals surface area contributed by atoms with Gasteiger partial charge in [-0.15, -0.1) is 0 Å². The molecule has 0 radical (unpaired) electrons. The van der Waals surface area contributed by atoms with Crippen LogP contribution in [0, 0.1) is 5.92 Å². The van der Waals surface area contributed by atoms with Gasteiger partial charge in [0.15, 0.2) is 5.92 Å². The number of hydrogen-bond donors (Lipinski definition) is 2. The van der Waals surface area contributed by atoms with E-state index in [-0.39, 0.29) is 6.54 Å². The van der Waals surface area contributed by atoms with Gasteiger partial charge in [-0.2, -0.15) is 13.2 Å². The van der Waals surface area contributed by atoms with Crippen molar-refractivity contribution >= 4 is 29.8 Å².